The van der Waals surface area contributed by atoms with Gasteiger partial charge in [-0.15, -0.1) is 11.3 Å². The van der Waals surface area contributed by atoms with E-state index in [1.165, 1.54) is 36.6 Å². The smallest absolute Gasteiger partial charge is 0.263 e. The molecule has 0 spiro atoms. The van der Waals surface area contributed by atoms with Crippen molar-refractivity contribution in [2.45, 2.75) is 11.4 Å². The van der Waals surface area contributed by atoms with Gasteiger partial charge in [0.05, 0.1) is 16.6 Å². The van der Waals surface area contributed by atoms with E-state index >= 15 is 0 Å². The molecule has 2 rings (SSSR count). The maximum atomic E-state index is 13.7. The van der Waals surface area contributed by atoms with E-state index in [0.717, 1.165) is 6.07 Å². The van der Waals surface area contributed by atoms with E-state index in [1.54, 1.807) is 0 Å². The summed E-state index contributed by atoms with van der Waals surface area (Å²) in [4.78, 5) is 0.725. The van der Waals surface area contributed by atoms with Crippen LogP contribution in [0.15, 0.2) is 32.9 Å². The van der Waals surface area contributed by atoms with Gasteiger partial charge in [0.25, 0.3) is 10.0 Å². The molecule has 9 heteroatoms. The number of benzene rings is 1. The summed E-state index contributed by atoms with van der Waals surface area (Å²) in [6.45, 7) is 0.228. The molecule has 5 nitrogen and oxygen atoms in total. The largest absolute Gasteiger partial charge is 0.497 e. The Morgan fingerprint density at radius 3 is 2.71 bits per heavy atom. The fourth-order valence-electron chi connectivity index (χ4n) is 1.59. The Morgan fingerprint density at radius 2 is 2.14 bits per heavy atom. The van der Waals surface area contributed by atoms with Gasteiger partial charge in [0.15, 0.2) is 0 Å². The predicted molar refractivity (Wildman–Crippen MR) is 83.7 cm³/mol. The van der Waals surface area contributed by atoms with Crippen molar-refractivity contribution in [3.05, 3.63) is 38.7 Å². The molecule has 21 heavy (non-hydrogen) atoms. The molecule has 0 bridgehead atoms. The molecule has 0 atom stereocenters. The summed E-state index contributed by atoms with van der Waals surface area (Å²) in [6.07, 6.45) is 0. The van der Waals surface area contributed by atoms with Gasteiger partial charge in [0.1, 0.15) is 16.5 Å². The Morgan fingerprint density at radius 1 is 1.43 bits per heavy atom. The van der Waals surface area contributed by atoms with Crippen molar-refractivity contribution in [3.8, 4) is 5.75 Å². The molecular weight excluding hydrogens is 383 g/mol. The summed E-state index contributed by atoms with van der Waals surface area (Å²) in [5.41, 5.74) is 5.31. The zero-order valence-electron chi connectivity index (χ0n) is 10.9. The van der Waals surface area contributed by atoms with Gasteiger partial charge < -0.3 is 10.5 Å². The summed E-state index contributed by atoms with van der Waals surface area (Å²) in [6, 6.07) is 5.26. The van der Waals surface area contributed by atoms with Crippen molar-refractivity contribution in [2.75, 3.05) is 11.8 Å². The standard InChI is InChI=1S/C12H12BrFN2O3S2/c1-19-7-2-3-9(14)10(4-7)16-21(17,18)11-5-8(6-15)20-12(11)13/h2-5,16H,6,15H2,1H3. The van der Waals surface area contributed by atoms with Crippen LogP contribution < -0.4 is 15.2 Å². The van der Waals surface area contributed by atoms with Crippen molar-refractivity contribution >= 4 is 43.0 Å². The van der Waals surface area contributed by atoms with Gasteiger partial charge in [-0.3, -0.25) is 4.72 Å². The molecule has 2 aromatic rings. The highest BCUT2D eigenvalue weighted by Gasteiger charge is 2.22. The van der Waals surface area contributed by atoms with Gasteiger partial charge in [0, 0.05) is 17.5 Å². The van der Waals surface area contributed by atoms with Crippen LogP contribution in [0.1, 0.15) is 4.88 Å². The SMILES string of the molecule is COc1ccc(F)c(NS(=O)(=O)c2cc(CN)sc2Br)c1. The van der Waals surface area contributed by atoms with Crippen LogP contribution in [0.5, 0.6) is 5.75 Å². The molecule has 0 aliphatic heterocycles. The van der Waals surface area contributed by atoms with Crippen molar-refractivity contribution in [2.24, 2.45) is 5.73 Å². The fourth-order valence-corrected chi connectivity index (χ4v) is 5.21. The first-order chi connectivity index (χ1) is 9.87. The maximum absolute atomic E-state index is 13.7. The number of sulfonamides is 1. The average Bonchev–Trinajstić information content (AvgIpc) is 2.83. The van der Waals surface area contributed by atoms with E-state index in [2.05, 4.69) is 20.7 Å². The number of nitrogens with two attached hydrogens (primary N) is 1. The minimum atomic E-state index is -3.92. The van der Waals surface area contributed by atoms with E-state index in [4.69, 9.17) is 10.5 Å². The van der Waals surface area contributed by atoms with Crippen LogP contribution in [0.25, 0.3) is 0 Å². The highest BCUT2D eigenvalue weighted by Crippen LogP contribution is 2.33. The van der Waals surface area contributed by atoms with Crippen LogP contribution in [0.3, 0.4) is 0 Å². The maximum Gasteiger partial charge on any atom is 0.263 e. The molecule has 0 saturated carbocycles. The lowest BCUT2D eigenvalue weighted by molar-refractivity contribution is 0.414. The molecule has 0 fully saturated rings. The third-order valence-electron chi connectivity index (χ3n) is 2.62. The zero-order chi connectivity index (χ0) is 15.6. The minimum Gasteiger partial charge on any atom is -0.497 e. The lowest BCUT2D eigenvalue weighted by Crippen LogP contribution is -2.14. The van der Waals surface area contributed by atoms with Gasteiger partial charge in [0.2, 0.25) is 0 Å². The van der Waals surface area contributed by atoms with Crippen LogP contribution >= 0.6 is 27.3 Å². The number of methoxy groups -OCH3 is 1. The topological polar surface area (TPSA) is 81.4 Å². The molecule has 0 radical (unpaired) electrons. The number of ether oxygens (including phenoxy) is 1. The van der Waals surface area contributed by atoms with Gasteiger partial charge in [-0.2, -0.15) is 0 Å². The monoisotopic (exact) mass is 394 g/mol. The van der Waals surface area contributed by atoms with Gasteiger partial charge in [-0.25, -0.2) is 12.8 Å². The summed E-state index contributed by atoms with van der Waals surface area (Å²) < 4.78 is 45.9. The van der Waals surface area contributed by atoms with Gasteiger partial charge in [-0.1, -0.05) is 0 Å². The third-order valence-corrected chi connectivity index (χ3v) is 6.25. The Kier molecular flexibility index (Phi) is 4.87. The second kappa shape index (κ2) is 6.30. The molecule has 0 unspecified atom stereocenters. The summed E-state index contributed by atoms with van der Waals surface area (Å²) >= 11 is 4.40. The second-order valence-electron chi connectivity index (χ2n) is 4.01. The van der Waals surface area contributed by atoms with E-state index in [-0.39, 0.29) is 17.1 Å². The quantitative estimate of drug-likeness (QED) is 0.816. The molecule has 1 aromatic carbocycles. The van der Waals surface area contributed by atoms with Crippen molar-refractivity contribution in [1.29, 1.82) is 0 Å². The number of halogens is 2. The van der Waals surface area contributed by atoms with Crippen LogP contribution in [0.2, 0.25) is 0 Å². The van der Waals surface area contributed by atoms with Crippen LogP contribution in [0, 0.1) is 5.82 Å². The Hall–Kier alpha value is -1.16. The third kappa shape index (κ3) is 3.54. The highest BCUT2D eigenvalue weighted by atomic mass is 79.9. The van der Waals surface area contributed by atoms with E-state index < -0.39 is 15.8 Å². The molecule has 1 heterocycles. The normalized spacial score (nSPS) is 11.4. The molecule has 0 amide bonds. The first-order valence-electron chi connectivity index (χ1n) is 5.72. The van der Waals surface area contributed by atoms with E-state index in [0.29, 0.717) is 14.4 Å². The lowest BCUT2D eigenvalue weighted by atomic mass is 10.3. The number of rotatable bonds is 5. The van der Waals surface area contributed by atoms with Crippen molar-refractivity contribution < 1.29 is 17.5 Å². The number of anilines is 1. The van der Waals surface area contributed by atoms with Crippen LogP contribution in [0.4, 0.5) is 10.1 Å². The van der Waals surface area contributed by atoms with E-state index in [9.17, 15) is 12.8 Å². The van der Waals surface area contributed by atoms with E-state index in [1.807, 2.05) is 0 Å². The molecule has 114 valence electrons. The molecule has 0 aliphatic carbocycles. The molecule has 3 N–H and O–H groups in total. The minimum absolute atomic E-state index is 0.0233. The van der Waals surface area contributed by atoms with Crippen LogP contribution in [-0.2, 0) is 16.6 Å². The molecule has 1 aromatic heterocycles. The number of thiophene rings is 1. The fraction of sp³-hybridized carbons (Fsp3) is 0.167. The number of nitrogens with one attached hydrogen (secondary N) is 1. The van der Waals surface area contributed by atoms with Gasteiger partial charge >= 0.3 is 0 Å². The Labute approximate surface area is 134 Å². The summed E-state index contributed by atoms with van der Waals surface area (Å²) in [5, 5.41) is 0. The molecule has 0 saturated heterocycles. The zero-order valence-corrected chi connectivity index (χ0v) is 14.1. The Bertz CT molecular complexity index is 762. The number of hydrogen-bond donors (Lipinski definition) is 2. The Balaban J connectivity index is 2.39. The lowest BCUT2D eigenvalue weighted by Gasteiger charge is -2.09. The first-order valence-corrected chi connectivity index (χ1v) is 8.81. The molecular formula is C12H12BrFN2O3S2. The first kappa shape index (κ1) is 16.2. The summed E-state index contributed by atoms with van der Waals surface area (Å²) in [7, 11) is -2.51. The second-order valence-corrected chi connectivity index (χ2v) is 8.11. The summed E-state index contributed by atoms with van der Waals surface area (Å²) in [5.74, 6) is -0.342. The van der Waals surface area contributed by atoms with Crippen molar-refractivity contribution in [3.63, 3.8) is 0 Å². The predicted octanol–water partition coefficient (Wildman–Crippen LogP) is 2.92. The molecule has 0 aliphatic rings. The van der Waals surface area contributed by atoms with Crippen LogP contribution in [-0.4, -0.2) is 15.5 Å². The average molecular weight is 395 g/mol. The van der Waals surface area contributed by atoms with Gasteiger partial charge in [-0.05, 0) is 34.1 Å². The van der Waals surface area contributed by atoms with Crippen molar-refractivity contribution in [1.82, 2.24) is 0 Å². The highest BCUT2D eigenvalue weighted by molar-refractivity contribution is 9.11. The number of hydrogen-bond acceptors (Lipinski definition) is 5.